The minimum Gasteiger partial charge on any atom is -0.460 e. The second kappa shape index (κ2) is 4.63. The molecule has 2 heterocycles. The van der Waals surface area contributed by atoms with E-state index >= 15 is 0 Å². The second-order valence-electron chi connectivity index (χ2n) is 2.83. The molecule has 5 nitrogen and oxygen atoms in total. The van der Waals surface area contributed by atoms with Crippen molar-refractivity contribution in [3.05, 3.63) is 22.3 Å². The molecule has 84 valence electrons. The van der Waals surface area contributed by atoms with Gasteiger partial charge in [-0.1, -0.05) is 11.6 Å². The summed E-state index contributed by atoms with van der Waals surface area (Å²) in [6.45, 7) is 2.03. The summed E-state index contributed by atoms with van der Waals surface area (Å²) < 4.78 is 5.43. The van der Waals surface area contributed by atoms with E-state index in [9.17, 15) is 4.79 Å². The summed E-state index contributed by atoms with van der Waals surface area (Å²) in [5.41, 5.74) is 0. The van der Waals surface area contributed by atoms with Crippen LogP contribution in [-0.4, -0.2) is 27.8 Å². The molecule has 2 aromatic heterocycles. The molecule has 0 saturated heterocycles. The number of H-pyrrole nitrogens is 1. The number of hydrogen-bond acceptors (Lipinski definition) is 5. The van der Waals surface area contributed by atoms with Crippen molar-refractivity contribution in [1.82, 2.24) is 15.2 Å². The van der Waals surface area contributed by atoms with Crippen LogP contribution in [0.5, 0.6) is 0 Å². The van der Waals surface area contributed by atoms with E-state index in [1.165, 1.54) is 11.3 Å². The molecule has 0 amide bonds. The molecule has 0 aliphatic rings. The molecule has 16 heavy (non-hydrogen) atoms. The van der Waals surface area contributed by atoms with Gasteiger partial charge >= 0.3 is 5.97 Å². The van der Waals surface area contributed by atoms with E-state index in [1.54, 1.807) is 13.0 Å². The number of ether oxygens (including phenoxy) is 1. The van der Waals surface area contributed by atoms with E-state index < -0.39 is 5.97 Å². The number of nitrogens with zero attached hydrogens (tertiary/aromatic N) is 2. The largest absolute Gasteiger partial charge is 0.460 e. The smallest absolute Gasteiger partial charge is 0.378 e. The van der Waals surface area contributed by atoms with Crippen molar-refractivity contribution in [3.63, 3.8) is 0 Å². The van der Waals surface area contributed by atoms with Crippen molar-refractivity contribution in [1.29, 1.82) is 0 Å². The van der Waals surface area contributed by atoms with E-state index in [0.29, 0.717) is 16.8 Å². The maximum Gasteiger partial charge on any atom is 0.378 e. The monoisotopic (exact) mass is 257 g/mol. The summed E-state index contributed by atoms with van der Waals surface area (Å²) >= 11 is 7.15. The fraction of sp³-hybridized carbons (Fsp3) is 0.222. The van der Waals surface area contributed by atoms with Gasteiger partial charge in [-0.2, -0.15) is 0 Å². The average molecular weight is 258 g/mol. The van der Waals surface area contributed by atoms with Crippen LogP contribution >= 0.6 is 22.9 Å². The lowest BCUT2D eigenvalue weighted by molar-refractivity contribution is 0.0512. The highest BCUT2D eigenvalue weighted by Crippen LogP contribution is 2.28. The minimum atomic E-state index is -0.535. The average Bonchev–Trinajstić information content (AvgIpc) is 2.85. The molecular formula is C9H8ClN3O2S. The predicted octanol–water partition coefficient (Wildman–Crippen LogP) is 2.36. The molecule has 1 N–H and O–H groups in total. The fourth-order valence-electron chi connectivity index (χ4n) is 1.10. The number of hydrogen-bond donors (Lipinski definition) is 1. The van der Waals surface area contributed by atoms with Gasteiger partial charge in [-0.3, -0.25) is 5.10 Å². The highest BCUT2D eigenvalue weighted by molar-refractivity contribution is 7.19. The lowest BCUT2D eigenvalue weighted by Gasteiger charge is -1.94. The van der Waals surface area contributed by atoms with Crippen molar-refractivity contribution in [2.75, 3.05) is 6.61 Å². The number of aromatic nitrogens is 3. The molecule has 0 spiro atoms. The van der Waals surface area contributed by atoms with Crippen molar-refractivity contribution < 1.29 is 9.53 Å². The van der Waals surface area contributed by atoms with Crippen molar-refractivity contribution >= 4 is 28.9 Å². The van der Waals surface area contributed by atoms with Gasteiger partial charge in [0.1, 0.15) is 0 Å². The first-order valence-electron chi connectivity index (χ1n) is 4.56. The Bertz CT molecular complexity index is 508. The quantitative estimate of drug-likeness (QED) is 0.857. The van der Waals surface area contributed by atoms with Gasteiger partial charge in [0.15, 0.2) is 5.82 Å². The normalized spacial score (nSPS) is 10.4. The SMILES string of the molecule is CCOC(=O)c1n[nH]c(-c2ccc(Cl)s2)n1. The molecule has 0 bridgehead atoms. The van der Waals surface area contributed by atoms with Gasteiger partial charge in [-0.25, -0.2) is 9.78 Å². The summed E-state index contributed by atoms with van der Waals surface area (Å²) in [4.78, 5) is 16.2. The number of carbonyl (C=O) groups excluding carboxylic acids is 1. The van der Waals surface area contributed by atoms with Crippen LogP contribution in [0, 0.1) is 0 Å². The fourth-order valence-corrected chi connectivity index (χ4v) is 2.08. The van der Waals surface area contributed by atoms with Crippen molar-refractivity contribution in [3.8, 4) is 10.7 Å². The number of halogens is 1. The number of nitrogens with one attached hydrogen (secondary N) is 1. The maximum absolute atomic E-state index is 11.3. The zero-order valence-corrected chi connectivity index (χ0v) is 9.93. The third-order valence-electron chi connectivity index (χ3n) is 1.75. The van der Waals surface area contributed by atoms with Crippen molar-refractivity contribution in [2.24, 2.45) is 0 Å². The first-order chi connectivity index (χ1) is 7.70. The van der Waals surface area contributed by atoms with Gasteiger partial charge in [0.25, 0.3) is 5.82 Å². The number of thiophene rings is 1. The third-order valence-corrected chi connectivity index (χ3v) is 2.99. The van der Waals surface area contributed by atoms with Crippen LogP contribution in [-0.2, 0) is 4.74 Å². The summed E-state index contributed by atoms with van der Waals surface area (Å²) in [7, 11) is 0. The second-order valence-corrected chi connectivity index (χ2v) is 4.55. The van der Waals surface area contributed by atoms with Crippen LogP contribution in [0.3, 0.4) is 0 Å². The lowest BCUT2D eigenvalue weighted by atomic mass is 10.4. The van der Waals surface area contributed by atoms with E-state index in [1.807, 2.05) is 6.07 Å². The Labute approximate surface area is 100 Å². The zero-order valence-electron chi connectivity index (χ0n) is 8.36. The number of esters is 1. The van der Waals surface area contributed by atoms with Crippen LogP contribution in [0.1, 0.15) is 17.5 Å². The highest BCUT2D eigenvalue weighted by Gasteiger charge is 2.14. The Morgan fingerprint density at radius 1 is 1.62 bits per heavy atom. The molecular weight excluding hydrogens is 250 g/mol. The van der Waals surface area contributed by atoms with Gasteiger partial charge in [0, 0.05) is 0 Å². The molecule has 7 heteroatoms. The lowest BCUT2D eigenvalue weighted by Crippen LogP contribution is -2.06. The number of carbonyl (C=O) groups is 1. The minimum absolute atomic E-state index is 0.0290. The van der Waals surface area contributed by atoms with Crippen molar-refractivity contribution in [2.45, 2.75) is 6.92 Å². The highest BCUT2D eigenvalue weighted by atomic mass is 35.5. The molecule has 2 aromatic rings. The summed E-state index contributed by atoms with van der Waals surface area (Å²) in [6.07, 6.45) is 0. The van der Waals surface area contributed by atoms with Crippen LogP contribution < -0.4 is 0 Å². The van der Waals surface area contributed by atoms with Crippen LogP contribution in [0.4, 0.5) is 0 Å². The predicted molar refractivity (Wildman–Crippen MR) is 60.7 cm³/mol. The maximum atomic E-state index is 11.3. The number of rotatable bonds is 3. The topological polar surface area (TPSA) is 67.9 Å². The molecule has 2 rings (SSSR count). The molecule has 0 unspecified atom stereocenters. The Balaban J connectivity index is 2.22. The van der Waals surface area contributed by atoms with E-state index in [2.05, 4.69) is 15.2 Å². The van der Waals surface area contributed by atoms with E-state index in [4.69, 9.17) is 16.3 Å². The Morgan fingerprint density at radius 2 is 2.44 bits per heavy atom. The Morgan fingerprint density at radius 3 is 3.06 bits per heavy atom. The molecule has 0 aromatic carbocycles. The van der Waals surface area contributed by atoms with E-state index in [-0.39, 0.29) is 5.82 Å². The number of aromatic amines is 1. The summed E-state index contributed by atoms with van der Waals surface area (Å²) in [5.74, 6) is 0.00831. The molecule has 0 aliphatic heterocycles. The Kier molecular flexibility index (Phi) is 3.21. The van der Waals surface area contributed by atoms with Gasteiger partial charge < -0.3 is 4.74 Å². The Hall–Kier alpha value is -1.40. The van der Waals surface area contributed by atoms with Gasteiger partial charge in [0.2, 0.25) is 0 Å². The molecule has 0 atom stereocenters. The van der Waals surface area contributed by atoms with E-state index in [0.717, 1.165) is 4.88 Å². The standard InChI is InChI=1S/C9H8ClN3O2S/c1-2-15-9(14)8-11-7(12-13-8)5-3-4-6(10)16-5/h3-4H,2H2,1H3,(H,11,12,13). The molecule has 0 saturated carbocycles. The zero-order chi connectivity index (χ0) is 11.5. The summed E-state index contributed by atoms with van der Waals surface area (Å²) in [5, 5.41) is 6.44. The molecule has 0 aliphatic carbocycles. The van der Waals surface area contributed by atoms with Gasteiger partial charge in [-0.05, 0) is 19.1 Å². The third kappa shape index (κ3) is 2.23. The van der Waals surface area contributed by atoms with Crippen LogP contribution in [0.15, 0.2) is 12.1 Å². The first-order valence-corrected chi connectivity index (χ1v) is 5.75. The van der Waals surface area contributed by atoms with Gasteiger partial charge in [0.05, 0.1) is 15.8 Å². The summed E-state index contributed by atoms with van der Waals surface area (Å²) in [6, 6.07) is 3.57. The van der Waals surface area contributed by atoms with Gasteiger partial charge in [-0.15, -0.1) is 16.4 Å². The van der Waals surface area contributed by atoms with Crippen LogP contribution in [0.25, 0.3) is 10.7 Å². The first kappa shape index (κ1) is 11.1. The molecule has 0 radical (unpaired) electrons. The van der Waals surface area contributed by atoms with Crippen LogP contribution in [0.2, 0.25) is 4.34 Å². The molecule has 0 fully saturated rings.